The highest BCUT2D eigenvalue weighted by atomic mass is 28.4. The van der Waals surface area contributed by atoms with Crippen LogP contribution in [-0.4, -0.2) is 60.3 Å². The zero-order valence-corrected chi connectivity index (χ0v) is 18.1. The maximum Gasteiger partial charge on any atom is 0.537 e. The lowest BCUT2D eigenvalue weighted by Crippen LogP contribution is -2.69. The maximum absolute atomic E-state index is 5.80. The van der Waals surface area contributed by atoms with Crippen molar-refractivity contribution in [2.75, 3.05) is 42.7 Å². The molecule has 0 unspecified atom stereocenters. The van der Waals surface area contributed by atoms with Gasteiger partial charge in [-0.3, -0.25) is 0 Å². The first-order valence-electron chi connectivity index (χ1n) is 8.08. The summed E-state index contributed by atoms with van der Waals surface area (Å²) in [5.41, 5.74) is 1.95. The molecule has 0 spiro atoms. The van der Waals surface area contributed by atoms with Crippen molar-refractivity contribution in [3.63, 3.8) is 0 Å². The van der Waals surface area contributed by atoms with Crippen molar-refractivity contribution in [1.82, 2.24) is 0 Å². The molecule has 0 bridgehead atoms. The van der Waals surface area contributed by atoms with Crippen LogP contribution in [0, 0.1) is 0 Å². The monoisotopic (exact) mass is 394 g/mol. The summed E-state index contributed by atoms with van der Waals surface area (Å²) in [6.45, 7) is 0. The molecule has 0 fully saturated rings. The summed E-state index contributed by atoms with van der Waals surface area (Å²) in [5.74, 6) is 0. The molecule has 142 valence electrons. The Morgan fingerprint density at radius 1 is 0.538 bits per heavy atom. The fourth-order valence-corrected chi connectivity index (χ4v) is 8.03. The van der Waals surface area contributed by atoms with E-state index in [9.17, 15) is 0 Å². The molecule has 6 nitrogen and oxygen atoms in total. The summed E-state index contributed by atoms with van der Waals surface area (Å²) in [6.07, 6.45) is 0. The highest BCUT2D eigenvalue weighted by Crippen LogP contribution is 2.22. The maximum atomic E-state index is 5.80. The molecule has 0 aromatic heterocycles. The van der Waals surface area contributed by atoms with Gasteiger partial charge in [0.15, 0.2) is 0 Å². The predicted octanol–water partition coefficient (Wildman–Crippen LogP) is 1.52. The third kappa shape index (κ3) is 3.55. The van der Waals surface area contributed by atoms with Gasteiger partial charge in [0.2, 0.25) is 0 Å². The molecule has 26 heavy (non-hydrogen) atoms. The van der Waals surface area contributed by atoms with Gasteiger partial charge in [0, 0.05) is 53.0 Å². The number of rotatable bonds is 9. The van der Waals surface area contributed by atoms with Crippen molar-refractivity contribution in [2.45, 2.75) is 0 Å². The largest absolute Gasteiger partial charge is 0.537 e. The Bertz CT molecular complexity index is 686. The van der Waals surface area contributed by atoms with Gasteiger partial charge in [0.25, 0.3) is 0 Å². The first-order valence-corrected chi connectivity index (χ1v) is 11.5. The molecule has 0 aliphatic rings. The van der Waals surface area contributed by atoms with Crippen LogP contribution < -0.4 is 10.4 Å². The van der Waals surface area contributed by atoms with Crippen LogP contribution in [0.5, 0.6) is 0 Å². The van der Waals surface area contributed by atoms with Crippen molar-refractivity contribution in [1.29, 1.82) is 0 Å². The van der Waals surface area contributed by atoms with Crippen molar-refractivity contribution in [3.05, 3.63) is 48.5 Å². The van der Waals surface area contributed by atoms with Crippen molar-refractivity contribution in [3.8, 4) is 11.1 Å². The topological polar surface area (TPSA) is 55.4 Å². The van der Waals surface area contributed by atoms with Gasteiger partial charge in [-0.1, -0.05) is 48.5 Å². The van der Waals surface area contributed by atoms with Crippen LogP contribution in [0.1, 0.15) is 0 Å². The van der Waals surface area contributed by atoms with Gasteiger partial charge in [-0.2, -0.15) is 0 Å². The zero-order valence-electron chi connectivity index (χ0n) is 16.1. The van der Waals surface area contributed by atoms with E-state index in [0.717, 1.165) is 21.5 Å². The van der Waals surface area contributed by atoms with Gasteiger partial charge in [0.05, 0.1) is 0 Å². The smallest absolute Gasteiger partial charge is 0.373 e. The Labute approximate surface area is 157 Å². The quantitative estimate of drug-likeness (QED) is 0.601. The summed E-state index contributed by atoms with van der Waals surface area (Å²) in [5, 5.41) is 1.56. The summed E-state index contributed by atoms with van der Waals surface area (Å²) >= 11 is 0. The molecular formula is C18H26O6Si2. The van der Waals surface area contributed by atoms with E-state index in [0.29, 0.717) is 0 Å². The summed E-state index contributed by atoms with van der Waals surface area (Å²) in [7, 11) is 3.09. The third-order valence-corrected chi connectivity index (χ3v) is 10.1. The fourth-order valence-electron chi connectivity index (χ4n) is 3.13. The molecule has 8 heteroatoms. The molecule has 2 aromatic carbocycles. The van der Waals surface area contributed by atoms with Gasteiger partial charge < -0.3 is 26.6 Å². The molecular weight excluding hydrogens is 368 g/mol. The van der Waals surface area contributed by atoms with E-state index >= 15 is 0 Å². The standard InChI is InChI=1S/C18H26O6Si2/c1-19-25(20-2,21-3)17-14-10-13-16(15-11-8-7-9-12-15)18(17)26(22-4,23-5)24-6/h7-14H,1-6H3. The minimum Gasteiger partial charge on any atom is -0.373 e. The van der Waals surface area contributed by atoms with E-state index in [1.165, 1.54) is 0 Å². The lowest BCUT2D eigenvalue weighted by Gasteiger charge is -2.33. The third-order valence-electron chi connectivity index (χ3n) is 4.40. The molecule has 0 aliphatic carbocycles. The van der Waals surface area contributed by atoms with E-state index in [4.69, 9.17) is 26.6 Å². The van der Waals surface area contributed by atoms with Crippen molar-refractivity contribution < 1.29 is 26.6 Å². The zero-order chi connectivity index (χ0) is 19.2. The van der Waals surface area contributed by atoms with Crippen LogP contribution >= 0.6 is 0 Å². The van der Waals surface area contributed by atoms with Crippen LogP contribution in [-0.2, 0) is 26.6 Å². The Balaban J connectivity index is 2.90. The van der Waals surface area contributed by atoms with Crippen LogP contribution in [0.25, 0.3) is 11.1 Å². The lowest BCUT2D eigenvalue weighted by molar-refractivity contribution is 0.135. The van der Waals surface area contributed by atoms with Crippen LogP contribution in [0.15, 0.2) is 48.5 Å². The number of hydrogen-bond acceptors (Lipinski definition) is 6. The molecule has 2 rings (SSSR count). The van der Waals surface area contributed by atoms with Gasteiger partial charge in [-0.15, -0.1) is 0 Å². The average Bonchev–Trinajstić information content (AvgIpc) is 2.72. The Morgan fingerprint density at radius 3 is 1.50 bits per heavy atom. The second-order valence-corrected chi connectivity index (χ2v) is 11.1. The number of benzene rings is 2. The van der Waals surface area contributed by atoms with Crippen molar-refractivity contribution in [2.24, 2.45) is 0 Å². The van der Waals surface area contributed by atoms with Gasteiger partial charge in [-0.05, 0) is 11.1 Å². The molecule has 0 N–H and O–H groups in total. The first-order chi connectivity index (χ1) is 12.6. The van der Waals surface area contributed by atoms with E-state index < -0.39 is 17.6 Å². The van der Waals surface area contributed by atoms with E-state index in [1.54, 1.807) is 42.7 Å². The Hall–Kier alpha value is -1.37. The average molecular weight is 395 g/mol. The molecule has 0 amide bonds. The summed E-state index contributed by atoms with van der Waals surface area (Å²) in [6, 6.07) is 15.9. The number of hydrogen-bond donors (Lipinski definition) is 0. The summed E-state index contributed by atoms with van der Waals surface area (Å²) in [4.78, 5) is 0. The lowest BCUT2D eigenvalue weighted by atomic mass is 10.1. The van der Waals surface area contributed by atoms with Gasteiger partial charge in [-0.25, -0.2) is 0 Å². The molecule has 0 heterocycles. The molecule has 2 aromatic rings. The normalized spacial score (nSPS) is 12.4. The van der Waals surface area contributed by atoms with Crippen molar-refractivity contribution >= 4 is 28.0 Å². The molecule has 0 saturated carbocycles. The Morgan fingerprint density at radius 2 is 1.04 bits per heavy atom. The highest BCUT2D eigenvalue weighted by molar-refractivity contribution is 6.87. The first kappa shape index (κ1) is 20.9. The van der Waals surface area contributed by atoms with Gasteiger partial charge >= 0.3 is 17.6 Å². The second-order valence-electron chi connectivity index (χ2n) is 5.43. The highest BCUT2D eigenvalue weighted by Gasteiger charge is 2.52. The predicted molar refractivity (Wildman–Crippen MR) is 105 cm³/mol. The van der Waals surface area contributed by atoms with Crippen LogP contribution in [0.3, 0.4) is 0 Å². The van der Waals surface area contributed by atoms with Crippen LogP contribution in [0.2, 0.25) is 0 Å². The minimum absolute atomic E-state index is 0.767. The Kier molecular flexibility index (Phi) is 7.27. The minimum atomic E-state index is -3.23. The molecule has 0 atom stereocenters. The summed E-state index contributed by atoms with van der Waals surface area (Å²) < 4.78 is 34.6. The van der Waals surface area contributed by atoms with Crippen LogP contribution in [0.4, 0.5) is 0 Å². The van der Waals surface area contributed by atoms with E-state index in [1.807, 2.05) is 48.5 Å². The molecule has 0 radical (unpaired) electrons. The van der Waals surface area contributed by atoms with E-state index in [2.05, 4.69) is 0 Å². The van der Waals surface area contributed by atoms with Gasteiger partial charge in [0.1, 0.15) is 0 Å². The fraction of sp³-hybridized carbons (Fsp3) is 0.333. The van der Waals surface area contributed by atoms with E-state index in [-0.39, 0.29) is 0 Å². The second kappa shape index (κ2) is 9.02. The SMILES string of the molecule is CO[Si](OC)(OC)c1cccc(-c2ccccc2)c1[Si](OC)(OC)OC. The molecule has 0 aliphatic heterocycles. The molecule has 0 saturated heterocycles.